The molecule has 2 unspecified atom stereocenters. The zero-order valence-corrected chi connectivity index (χ0v) is 6.84. The van der Waals surface area contributed by atoms with Gasteiger partial charge in [-0.25, -0.2) is 0 Å². The van der Waals surface area contributed by atoms with E-state index in [4.69, 9.17) is 14.2 Å². The summed E-state index contributed by atoms with van der Waals surface area (Å²) in [6, 6.07) is 0. The average molecular weight is 158 g/mol. The summed E-state index contributed by atoms with van der Waals surface area (Å²) in [5, 5.41) is 0. The van der Waals surface area contributed by atoms with Crippen LogP contribution in [0.4, 0.5) is 0 Å². The molecule has 0 aromatic heterocycles. The van der Waals surface area contributed by atoms with Crippen molar-refractivity contribution in [2.75, 3.05) is 19.8 Å². The van der Waals surface area contributed by atoms with Crippen LogP contribution < -0.4 is 0 Å². The van der Waals surface area contributed by atoms with Gasteiger partial charge >= 0.3 is 0 Å². The lowest BCUT2D eigenvalue weighted by molar-refractivity contribution is -0.165. The van der Waals surface area contributed by atoms with Gasteiger partial charge in [-0.05, 0) is 6.42 Å². The van der Waals surface area contributed by atoms with Gasteiger partial charge in [0.25, 0.3) is 0 Å². The molecular formula is C8H14O3. The first-order valence-corrected chi connectivity index (χ1v) is 4.24. The molecule has 0 aromatic rings. The van der Waals surface area contributed by atoms with E-state index in [2.05, 4.69) is 6.92 Å². The van der Waals surface area contributed by atoms with E-state index < -0.39 is 0 Å². The normalized spacial score (nSPS) is 43.9. The van der Waals surface area contributed by atoms with Crippen molar-refractivity contribution in [2.24, 2.45) is 0 Å². The second-order valence-electron chi connectivity index (χ2n) is 3.17. The Hall–Kier alpha value is -0.120. The second-order valence-corrected chi connectivity index (χ2v) is 3.17. The van der Waals surface area contributed by atoms with Crippen LogP contribution in [-0.2, 0) is 14.2 Å². The van der Waals surface area contributed by atoms with Crippen LogP contribution in [0.1, 0.15) is 19.8 Å². The molecule has 2 aliphatic heterocycles. The van der Waals surface area contributed by atoms with Gasteiger partial charge in [0, 0.05) is 6.42 Å². The predicted molar refractivity (Wildman–Crippen MR) is 39.3 cm³/mol. The molecule has 2 saturated heterocycles. The van der Waals surface area contributed by atoms with Gasteiger partial charge in [-0.15, -0.1) is 0 Å². The van der Waals surface area contributed by atoms with Crippen molar-refractivity contribution in [1.29, 1.82) is 0 Å². The third-order valence-corrected chi connectivity index (χ3v) is 2.32. The van der Waals surface area contributed by atoms with Crippen LogP contribution in [0, 0.1) is 0 Å². The van der Waals surface area contributed by atoms with E-state index in [0.29, 0.717) is 6.61 Å². The quantitative estimate of drug-likeness (QED) is 0.568. The monoisotopic (exact) mass is 158 g/mol. The Bertz CT molecular complexity index is 140. The van der Waals surface area contributed by atoms with E-state index in [1.807, 2.05) is 0 Å². The van der Waals surface area contributed by atoms with Crippen molar-refractivity contribution in [3.8, 4) is 0 Å². The zero-order chi connectivity index (χ0) is 7.73. The molecule has 2 atom stereocenters. The summed E-state index contributed by atoms with van der Waals surface area (Å²) in [6.07, 6.45) is 2.21. The highest BCUT2D eigenvalue weighted by Crippen LogP contribution is 2.32. The number of hydrogen-bond donors (Lipinski definition) is 0. The standard InChI is InChI=1S/C8H14O3/c1-2-7-5-10-8(11-7)3-4-9-6-8/h7H,2-6H2,1H3. The van der Waals surface area contributed by atoms with Gasteiger partial charge in [-0.2, -0.15) is 0 Å². The fourth-order valence-electron chi connectivity index (χ4n) is 1.55. The summed E-state index contributed by atoms with van der Waals surface area (Å²) in [5.41, 5.74) is 0. The minimum atomic E-state index is -0.360. The van der Waals surface area contributed by atoms with E-state index in [1.54, 1.807) is 0 Å². The molecule has 3 heteroatoms. The lowest BCUT2D eigenvalue weighted by Gasteiger charge is -2.19. The first kappa shape index (κ1) is 7.53. The molecule has 3 nitrogen and oxygen atoms in total. The van der Waals surface area contributed by atoms with Crippen LogP contribution in [-0.4, -0.2) is 31.7 Å². The van der Waals surface area contributed by atoms with Crippen molar-refractivity contribution in [3.05, 3.63) is 0 Å². The van der Waals surface area contributed by atoms with E-state index >= 15 is 0 Å². The second kappa shape index (κ2) is 2.73. The maximum absolute atomic E-state index is 5.71. The molecule has 0 amide bonds. The molecule has 0 aliphatic carbocycles. The third kappa shape index (κ3) is 1.28. The van der Waals surface area contributed by atoms with Gasteiger partial charge in [0.15, 0.2) is 5.79 Å². The van der Waals surface area contributed by atoms with E-state index in [0.717, 1.165) is 26.1 Å². The Labute approximate surface area is 66.6 Å². The smallest absolute Gasteiger partial charge is 0.194 e. The van der Waals surface area contributed by atoms with Crippen LogP contribution in [0.25, 0.3) is 0 Å². The Morgan fingerprint density at radius 2 is 2.45 bits per heavy atom. The Kier molecular flexibility index (Phi) is 1.87. The van der Waals surface area contributed by atoms with Crippen molar-refractivity contribution in [1.82, 2.24) is 0 Å². The first-order valence-electron chi connectivity index (χ1n) is 4.24. The molecule has 0 bridgehead atoms. The van der Waals surface area contributed by atoms with Gasteiger partial charge < -0.3 is 14.2 Å². The molecule has 0 aromatic carbocycles. The van der Waals surface area contributed by atoms with Crippen molar-refractivity contribution in [3.63, 3.8) is 0 Å². The van der Waals surface area contributed by atoms with Crippen LogP contribution in [0.15, 0.2) is 0 Å². The van der Waals surface area contributed by atoms with Crippen molar-refractivity contribution < 1.29 is 14.2 Å². The maximum Gasteiger partial charge on any atom is 0.194 e. The van der Waals surface area contributed by atoms with Crippen LogP contribution in [0.5, 0.6) is 0 Å². The molecule has 2 fully saturated rings. The minimum Gasteiger partial charge on any atom is -0.376 e. The number of rotatable bonds is 1. The van der Waals surface area contributed by atoms with Crippen molar-refractivity contribution in [2.45, 2.75) is 31.7 Å². The van der Waals surface area contributed by atoms with Gasteiger partial charge in [0.2, 0.25) is 0 Å². The van der Waals surface area contributed by atoms with Crippen LogP contribution in [0.2, 0.25) is 0 Å². The molecule has 2 rings (SSSR count). The molecule has 64 valence electrons. The average Bonchev–Trinajstić information content (AvgIpc) is 2.62. The van der Waals surface area contributed by atoms with Crippen molar-refractivity contribution >= 4 is 0 Å². The molecule has 1 spiro atoms. The topological polar surface area (TPSA) is 27.7 Å². The molecule has 0 N–H and O–H groups in total. The Balaban J connectivity index is 1.96. The molecular weight excluding hydrogens is 144 g/mol. The van der Waals surface area contributed by atoms with E-state index in [9.17, 15) is 0 Å². The van der Waals surface area contributed by atoms with E-state index in [-0.39, 0.29) is 11.9 Å². The molecule has 2 aliphatic rings. The summed E-state index contributed by atoms with van der Waals surface area (Å²) >= 11 is 0. The van der Waals surface area contributed by atoms with E-state index in [1.165, 1.54) is 0 Å². The maximum atomic E-state index is 5.71. The number of hydrogen-bond acceptors (Lipinski definition) is 3. The van der Waals surface area contributed by atoms with Gasteiger partial charge in [-0.1, -0.05) is 6.92 Å². The summed E-state index contributed by atoms with van der Waals surface area (Å²) in [5.74, 6) is -0.360. The lowest BCUT2D eigenvalue weighted by Crippen LogP contribution is -2.30. The number of ether oxygens (including phenoxy) is 3. The highest BCUT2D eigenvalue weighted by atomic mass is 16.8. The summed E-state index contributed by atoms with van der Waals surface area (Å²) in [6.45, 7) is 4.24. The minimum absolute atomic E-state index is 0.289. The van der Waals surface area contributed by atoms with Gasteiger partial charge in [0.05, 0.1) is 19.3 Å². The highest BCUT2D eigenvalue weighted by molar-refractivity contribution is 4.81. The molecule has 11 heavy (non-hydrogen) atoms. The summed E-state index contributed by atoms with van der Waals surface area (Å²) in [4.78, 5) is 0. The molecule has 0 saturated carbocycles. The van der Waals surface area contributed by atoms with Crippen LogP contribution in [0.3, 0.4) is 0 Å². The Morgan fingerprint density at radius 1 is 1.55 bits per heavy atom. The fourth-order valence-corrected chi connectivity index (χ4v) is 1.55. The largest absolute Gasteiger partial charge is 0.376 e. The molecule has 2 heterocycles. The summed E-state index contributed by atoms with van der Waals surface area (Å²) in [7, 11) is 0. The highest BCUT2D eigenvalue weighted by Gasteiger charge is 2.44. The zero-order valence-electron chi connectivity index (χ0n) is 6.84. The van der Waals surface area contributed by atoms with Crippen LogP contribution >= 0.6 is 0 Å². The SMILES string of the molecule is CCC1COC2(CCOC2)O1. The summed E-state index contributed by atoms with van der Waals surface area (Å²) < 4.78 is 16.5. The van der Waals surface area contributed by atoms with Gasteiger partial charge in [0.1, 0.15) is 6.61 Å². The Morgan fingerprint density at radius 3 is 3.00 bits per heavy atom. The third-order valence-electron chi connectivity index (χ3n) is 2.32. The fraction of sp³-hybridized carbons (Fsp3) is 1.00. The first-order chi connectivity index (χ1) is 5.35. The lowest BCUT2D eigenvalue weighted by atomic mass is 10.2. The van der Waals surface area contributed by atoms with Gasteiger partial charge in [-0.3, -0.25) is 0 Å². The predicted octanol–water partition coefficient (Wildman–Crippen LogP) is 0.928. The molecule has 0 radical (unpaired) electrons.